The predicted octanol–water partition coefficient (Wildman–Crippen LogP) is 6.17. The largest absolute Gasteiger partial charge is 0.469 e. The second kappa shape index (κ2) is 18.8. The zero-order chi connectivity index (χ0) is 17.9. The molecule has 0 aromatic carbocycles. The Hall–Kier alpha value is -0.570. The molecule has 0 fully saturated rings. The van der Waals surface area contributed by atoms with E-state index in [0.29, 0.717) is 6.42 Å². The van der Waals surface area contributed by atoms with Crippen molar-refractivity contribution in [2.24, 2.45) is 0 Å². The van der Waals surface area contributed by atoms with Gasteiger partial charge in [0.2, 0.25) is 0 Å². The average molecular weight is 343 g/mol. The molecule has 0 amide bonds. The van der Waals surface area contributed by atoms with Gasteiger partial charge in [-0.3, -0.25) is 4.79 Å². The SMILES string of the molecule is CCCCCCCCCCCCCCCCCC(O)CC(=O)OC. The fourth-order valence-electron chi connectivity index (χ4n) is 3.13. The number of hydrogen-bond donors (Lipinski definition) is 1. The summed E-state index contributed by atoms with van der Waals surface area (Å²) in [5.74, 6) is -0.316. The molecular weight excluding hydrogens is 300 g/mol. The molecule has 0 aromatic rings. The molecule has 0 aliphatic rings. The van der Waals surface area contributed by atoms with Gasteiger partial charge in [-0.25, -0.2) is 0 Å². The molecular formula is C21H42O3. The van der Waals surface area contributed by atoms with Crippen molar-refractivity contribution in [1.29, 1.82) is 0 Å². The predicted molar refractivity (Wildman–Crippen MR) is 102 cm³/mol. The van der Waals surface area contributed by atoms with Crippen LogP contribution >= 0.6 is 0 Å². The number of carbonyl (C=O) groups excluding carboxylic acids is 1. The van der Waals surface area contributed by atoms with Crippen LogP contribution in [0.1, 0.15) is 116 Å². The minimum absolute atomic E-state index is 0.134. The zero-order valence-corrected chi connectivity index (χ0v) is 16.4. The van der Waals surface area contributed by atoms with Crippen LogP contribution in [0.4, 0.5) is 0 Å². The summed E-state index contributed by atoms with van der Waals surface area (Å²) in [6, 6.07) is 0. The van der Waals surface area contributed by atoms with E-state index in [4.69, 9.17) is 0 Å². The number of hydrogen-bond acceptors (Lipinski definition) is 3. The lowest BCUT2D eigenvalue weighted by Gasteiger charge is -2.08. The quantitative estimate of drug-likeness (QED) is 0.239. The van der Waals surface area contributed by atoms with Gasteiger partial charge in [0.15, 0.2) is 0 Å². The summed E-state index contributed by atoms with van der Waals surface area (Å²) in [5, 5.41) is 9.65. The van der Waals surface area contributed by atoms with E-state index in [9.17, 15) is 9.90 Å². The first-order valence-corrected chi connectivity index (χ1v) is 10.5. The van der Waals surface area contributed by atoms with Crippen molar-refractivity contribution < 1.29 is 14.6 Å². The van der Waals surface area contributed by atoms with E-state index >= 15 is 0 Å². The van der Waals surface area contributed by atoms with Gasteiger partial charge in [-0.2, -0.15) is 0 Å². The van der Waals surface area contributed by atoms with E-state index in [1.54, 1.807) is 0 Å². The molecule has 1 unspecified atom stereocenters. The van der Waals surface area contributed by atoms with Gasteiger partial charge in [0.25, 0.3) is 0 Å². The van der Waals surface area contributed by atoms with Crippen LogP contribution in [0.5, 0.6) is 0 Å². The van der Waals surface area contributed by atoms with Crippen molar-refractivity contribution >= 4 is 5.97 Å². The van der Waals surface area contributed by atoms with Crippen molar-refractivity contribution in [2.75, 3.05) is 7.11 Å². The Kier molecular flexibility index (Phi) is 18.3. The third-order valence-electron chi connectivity index (χ3n) is 4.77. The summed E-state index contributed by atoms with van der Waals surface area (Å²) >= 11 is 0. The number of aliphatic hydroxyl groups excluding tert-OH is 1. The van der Waals surface area contributed by atoms with Crippen molar-refractivity contribution in [3.63, 3.8) is 0 Å². The van der Waals surface area contributed by atoms with Gasteiger partial charge in [-0.05, 0) is 6.42 Å². The van der Waals surface area contributed by atoms with Gasteiger partial charge in [0, 0.05) is 0 Å². The van der Waals surface area contributed by atoms with Crippen molar-refractivity contribution in [1.82, 2.24) is 0 Å². The molecule has 0 radical (unpaired) electrons. The first kappa shape index (κ1) is 23.4. The molecule has 0 aliphatic carbocycles. The summed E-state index contributed by atoms with van der Waals surface area (Å²) in [7, 11) is 1.36. The summed E-state index contributed by atoms with van der Waals surface area (Å²) < 4.78 is 4.55. The number of unbranched alkanes of at least 4 members (excludes halogenated alkanes) is 14. The maximum absolute atomic E-state index is 11.0. The van der Waals surface area contributed by atoms with E-state index < -0.39 is 6.10 Å². The Morgan fingerprint density at radius 1 is 0.750 bits per heavy atom. The van der Waals surface area contributed by atoms with Gasteiger partial charge in [0.1, 0.15) is 0 Å². The molecule has 0 saturated carbocycles. The molecule has 24 heavy (non-hydrogen) atoms. The van der Waals surface area contributed by atoms with E-state index in [-0.39, 0.29) is 12.4 Å². The topological polar surface area (TPSA) is 46.5 Å². The van der Waals surface area contributed by atoms with E-state index in [1.165, 1.54) is 90.6 Å². The molecule has 1 atom stereocenters. The van der Waals surface area contributed by atoms with Crippen LogP contribution in [-0.2, 0) is 9.53 Å². The first-order valence-electron chi connectivity index (χ1n) is 10.5. The molecule has 0 bridgehead atoms. The highest BCUT2D eigenvalue weighted by Gasteiger charge is 2.10. The summed E-state index contributed by atoms with van der Waals surface area (Å²) in [4.78, 5) is 11.0. The molecule has 144 valence electrons. The minimum atomic E-state index is -0.528. The second-order valence-electron chi connectivity index (χ2n) is 7.17. The Balaban J connectivity index is 3.11. The lowest BCUT2D eigenvalue weighted by atomic mass is 10.0. The maximum atomic E-state index is 11.0. The van der Waals surface area contributed by atoms with Gasteiger partial charge >= 0.3 is 5.97 Å². The van der Waals surface area contributed by atoms with Gasteiger partial charge < -0.3 is 9.84 Å². The highest BCUT2D eigenvalue weighted by Crippen LogP contribution is 2.14. The monoisotopic (exact) mass is 342 g/mol. The smallest absolute Gasteiger partial charge is 0.308 e. The molecule has 1 N–H and O–H groups in total. The van der Waals surface area contributed by atoms with E-state index in [2.05, 4.69) is 11.7 Å². The maximum Gasteiger partial charge on any atom is 0.308 e. The lowest BCUT2D eigenvalue weighted by Crippen LogP contribution is -2.14. The molecule has 0 saturated heterocycles. The van der Waals surface area contributed by atoms with Crippen LogP contribution in [0, 0.1) is 0 Å². The van der Waals surface area contributed by atoms with Crippen molar-refractivity contribution in [2.45, 2.75) is 122 Å². The third-order valence-corrected chi connectivity index (χ3v) is 4.77. The molecule has 3 heteroatoms. The van der Waals surface area contributed by atoms with Crippen LogP contribution in [0.25, 0.3) is 0 Å². The van der Waals surface area contributed by atoms with Crippen LogP contribution in [0.3, 0.4) is 0 Å². The van der Waals surface area contributed by atoms with E-state index in [1.807, 2.05) is 0 Å². The zero-order valence-electron chi connectivity index (χ0n) is 16.4. The number of ether oxygens (including phenoxy) is 1. The number of methoxy groups -OCH3 is 1. The van der Waals surface area contributed by atoms with Gasteiger partial charge in [-0.1, -0.05) is 103 Å². The highest BCUT2D eigenvalue weighted by atomic mass is 16.5. The standard InChI is InChI=1S/C21H42O3/c1-3-4-5-6-7-8-9-10-11-12-13-14-15-16-17-18-20(22)19-21(23)24-2/h20,22H,3-19H2,1-2H3. The molecule has 0 rings (SSSR count). The Labute approximate surface area is 150 Å². The van der Waals surface area contributed by atoms with Crippen LogP contribution < -0.4 is 0 Å². The Morgan fingerprint density at radius 2 is 1.12 bits per heavy atom. The minimum Gasteiger partial charge on any atom is -0.469 e. The molecule has 0 heterocycles. The van der Waals surface area contributed by atoms with Gasteiger partial charge in [0.05, 0.1) is 19.6 Å². The summed E-state index contributed by atoms with van der Waals surface area (Å²) in [5.41, 5.74) is 0. The summed E-state index contributed by atoms with van der Waals surface area (Å²) in [6.45, 7) is 2.27. The van der Waals surface area contributed by atoms with Crippen molar-refractivity contribution in [3.05, 3.63) is 0 Å². The molecule has 3 nitrogen and oxygen atoms in total. The number of rotatable bonds is 18. The molecule has 0 aromatic heterocycles. The number of carbonyl (C=O) groups is 1. The Bertz CT molecular complexity index is 266. The summed E-state index contributed by atoms with van der Waals surface area (Å²) in [6.07, 6.45) is 20.5. The van der Waals surface area contributed by atoms with Crippen LogP contribution in [-0.4, -0.2) is 24.3 Å². The highest BCUT2D eigenvalue weighted by molar-refractivity contribution is 5.69. The van der Waals surface area contributed by atoms with Crippen molar-refractivity contribution in [3.8, 4) is 0 Å². The lowest BCUT2D eigenvalue weighted by molar-refractivity contribution is -0.142. The number of aliphatic hydroxyl groups is 1. The fourth-order valence-corrected chi connectivity index (χ4v) is 3.13. The Morgan fingerprint density at radius 3 is 1.50 bits per heavy atom. The fraction of sp³-hybridized carbons (Fsp3) is 0.952. The first-order chi connectivity index (χ1) is 11.7. The molecule has 0 aliphatic heterocycles. The second-order valence-corrected chi connectivity index (χ2v) is 7.17. The van der Waals surface area contributed by atoms with Crippen LogP contribution in [0.15, 0.2) is 0 Å². The van der Waals surface area contributed by atoms with Gasteiger partial charge in [-0.15, -0.1) is 0 Å². The third kappa shape index (κ3) is 17.8. The average Bonchev–Trinajstić information content (AvgIpc) is 2.58. The van der Waals surface area contributed by atoms with E-state index in [0.717, 1.165) is 12.8 Å². The number of esters is 1. The normalized spacial score (nSPS) is 12.3. The van der Waals surface area contributed by atoms with Crippen LogP contribution in [0.2, 0.25) is 0 Å². The molecule has 0 spiro atoms.